The van der Waals surface area contributed by atoms with Crippen LogP contribution >= 0.6 is 0 Å². The van der Waals surface area contributed by atoms with Crippen LogP contribution in [0.4, 0.5) is 0 Å². The molecule has 1 heterocycles. The number of fused-ring (bicyclic) bond motifs is 3. The zero-order valence-electron chi connectivity index (χ0n) is 8.43. The van der Waals surface area contributed by atoms with Crippen molar-refractivity contribution in [1.82, 2.24) is 0 Å². The first-order valence-corrected chi connectivity index (χ1v) is 5.24. The highest BCUT2D eigenvalue weighted by atomic mass is 16.7. The molecule has 3 unspecified atom stereocenters. The van der Waals surface area contributed by atoms with Crippen LogP contribution in [0.1, 0.15) is 19.8 Å². The average Bonchev–Trinajstić information content (AvgIpc) is 2.75. The Kier molecular flexibility index (Phi) is 1.56. The predicted octanol–water partition coefficient (Wildman–Crippen LogP) is 0.810. The third-order valence-electron chi connectivity index (χ3n) is 3.58. The van der Waals surface area contributed by atoms with Crippen LogP contribution in [0, 0.1) is 11.8 Å². The molecule has 3 rings (SSSR count). The minimum atomic E-state index is -0.997. The van der Waals surface area contributed by atoms with Gasteiger partial charge in [-0.3, -0.25) is 0 Å². The van der Waals surface area contributed by atoms with Gasteiger partial charge < -0.3 is 9.47 Å². The van der Waals surface area contributed by atoms with Crippen LogP contribution in [0.15, 0.2) is 12.2 Å². The lowest BCUT2D eigenvalue weighted by Crippen LogP contribution is -2.55. The van der Waals surface area contributed by atoms with Crippen LogP contribution in [0.3, 0.4) is 0 Å². The molecule has 0 aromatic heterocycles. The van der Waals surface area contributed by atoms with E-state index in [1.54, 1.807) is 0 Å². The molecule has 4 heteroatoms. The largest absolute Gasteiger partial charge is 0.448 e. The quantitative estimate of drug-likeness (QED) is 0.436. The fraction of sp³-hybridized carbons (Fsp3) is 0.636. The third kappa shape index (κ3) is 1.02. The first kappa shape index (κ1) is 8.95. The van der Waals surface area contributed by atoms with Crippen molar-refractivity contribution >= 4 is 11.9 Å². The molecule has 4 atom stereocenters. The highest BCUT2D eigenvalue weighted by Gasteiger charge is 2.60. The summed E-state index contributed by atoms with van der Waals surface area (Å²) in [6.07, 6.45) is 4.79. The van der Waals surface area contributed by atoms with E-state index in [1.165, 1.54) is 6.92 Å². The lowest BCUT2D eigenvalue weighted by atomic mass is 9.87. The molecule has 2 bridgehead atoms. The molecule has 2 fully saturated rings. The predicted molar refractivity (Wildman–Crippen MR) is 49.7 cm³/mol. The summed E-state index contributed by atoms with van der Waals surface area (Å²) in [4.78, 5) is 23.3. The van der Waals surface area contributed by atoms with Gasteiger partial charge in [-0.25, -0.2) is 9.59 Å². The van der Waals surface area contributed by atoms with Crippen molar-refractivity contribution in [1.29, 1.82) is 0 Å². The Morgan fingerprint density at radius 2 is 2.20 bits per heavy atom. The Morgan fingerprint density at radius 1 is 1.40 bits per heavy atom. The molecule has 4 nitrogen and oxygen atoms in total. The summed E-state index contributed by atoms with van der Waals surface area (Å²) in [6.45, 7) is 1.54. The van der Waals surface area contributed by atoms with E-state index in [-0.39, 0.29) is 11.9 Å². The fourth-order valence-electron chi connectivity index (χ4n) is 2.78. The number of carbonyl (C=O) groups excluding carboxylic acids is 2. The number of hydrogen-bond acceptors (Lipinski definition) is 4. The van der Waals surface area contributed by atoms with Crippen LogP contribution in [0.25, 0.3) is 0 Å². The van der Waals surface area contributed by atoms with Gasteiger partial charge in [0.15, 0.2) is 6.10 Å². The molecular formula is C11H12O4. The van der Waals surface area contributed by atoms with E-state index in [0.717, 1.165) is 6.42 Å². The Hall–Kier alpha value is -1.32. The van der Waals surface area contributed by atoms with Crippen molar-refractivity contribution in [2.24, 2.45) is 11.8 Å². The Bertz CT molecular complexity index is 373. The molecule has 1 aliphatic heterocycles. The summed E-state index contributed by atoms with van der Waals surface area (Å²) < 4.78 is 10.4. The molecule has 2 aliphatic carbocycles. The van der Waals surface area contributed by atoms with Crippen LogP contribution in [-0.4, -0.2) is 23.6 Å². The van der Waals surface area contributed by atoms with E-state index < -0.39 is 17.7 Å². The number of cyclic esters (lactones) is 1. The second-order valence-electron chi connectivity index (χ2n) is 4.55. The highest BCUT2D eigenvalue weighted by molar-refractivity contribution is 5.91. The molecular weight excluding hydrogens is 196 g/mol. The Balaban J connectivity index is 1.96. The van der Waals surface area contributed by atoms with Gasteiger partial charge in [0.1, 0.15) is 0 Å². The summed E-state index contributed by atoms with van der Waals surface area (Å²) >= 11 is 0. The molecule has 3 aliphatic rings. The van der Waals surface area contributed by atoms with E-state index >= 15 is 0 Å². The summed E-state index contributed by atoms with van der Waals surface area (Å²) in [6, 6.07) is 0. The minimum absolute atomic E-state index is 0.0199. The SMILES string of the molecule is C[C@H]1OC(=O)C2(CC3C=CC2C3)OC1=O. The van der Waals surface area contributed by atoms with Gasteiger partial charge in [-0.05, 0) is 19.3 Å². The maximum Gasteiger partial charge on any atom is 0.352 e. The molecule has 1 saturated heterocycles. The lowest BCUT2D eigenvalue weighted by molar-refractivity contribution is -0.213. The first-order valence-electron chi connectivity index (χ1n) is 5.24. The lowest BCUT2D eigenvalue weighted by Gasteiger charge is -2.37. The number of rotatable bonds is 0. The molecule has 0 amide bonds. The number of carbonyl (C=O) groups is 2. The van der Waals surface area contributed by atoms with Gasteiger partial charge in [-0.15, -0.1) is 0 Å². The van der Waals surface area contributed by atoms with Crippen molar-refractivity contribution in [3.63, 3.8) is 0 Å². The monoisotopic (exact) mass is 208 g/mol. The summed E-state index contributed by atoms with van der Waals surface area (Å²) in [7, 11) is 0. The molecule has 1 spiro atoms. The molecule has 0 radical (unpaired) electrons. The van der Waals surface area contributed by atoms with Crippen molar-refractivity contribution in [3.8, 4) is 0 Å². The maximum absolute atomic E-state index is 11.8. The zero-order valence-corrected chi connectivity index (χ0v) is 8.43. The van der Waals surface area contributed by atoms with E-state index in [2.05, 4.69) is 6.08 Å². The fourth-order valence-corrected chi connectivity index (χ4v) is 2.78. The van der Waals surface area contributed by atoms with Crippen molar-refractivity contribution in [2.75, 3.05) is 0 Å². The molecule has 0 aromatic rings. The maximum atomic E-state index is 11.8. The van der Waals surface area contributed by atoms with E-state index in [0.29, 0.717) is 12.3 Å². The molecule has 0 N–H and O–H groups in total. The van der Waals surface area contributed by atoms with Crippen LogP contribution in [0.2, 0.25) is 0 Å². The van der Waals surface area contributed by atoms with E-state index in [9.17, 15) is 9.59 Å². The highest BCUT2D eigenvalue weighted by Crippen LogP contribution is 2.50. The molecule has 80 valence electrons. The molecule has 15 heavy (non-hydrogen) atoms. The van der Waals surface area contributed by atoms with Gasteiger partial charge in [0.2, 0.25) is 5.60 Å². The minimum Gasteiger partial charge on any atom is -0.448 e. The van der Waals surface area contributed by atoms with Gasteiger partial charge in [-0.1, -0.05) is 12.2 Å². The second kappa shape index (κ2) is 2.62. The second-order valence-corrected chi connectivity index (χ2v) is 4.55. The summed E-state index contributed by atoms with van der Waals surface area (Å²) in [5.74, 6) is -0.405. The number of esters is 2. The third-order valence-corrected chi connectivity index (χ3v) is 3.58. The van der Waals surface area contributed by atoms with Gasteiger partial charge in [0, 0.05) is 12.3 Å². The van der Waals surface area contributed by atoms with E-state index in [1.807, 2.05) is 6.08 Å². The smallest absolute Gasteiger partial charge is 0.352 e. The standard InChI is InChI=1S/C11H12O4/c1-6-9(12)15-11(10(13)14-6)5-7-2-3-8(11)4-7/h2-3,6-8H,4-5H2,1H3/t6-,7?,8?,11?/m1/s1. The van der Waals surface area contributed by atoms with Crippen LogP contribution < -0.4 is 0 Å². The first-order chi connectivity index (χ1) is 7.12. The topological polar surface area (TPSA) is 52.6 Å². The average molecular weight is 208 g/mol. The summed E-state index contributed by atoms with van der Waals surface area (Å²) in [5, 5.41) is 0. The normalized spacial score (nSPS) is 47.1. The van der Waals surface area contributed by atoms with Crippen molar-refractivity contribution in [2.45, 2.75) is 31.5 Å². The Labute approximate surface area is 87.2 Å². The summed E-state index contributed by atoms with van der Waals surface area (Å²) in [5.41, 5.74) is -0.997. The zero-order chi connectivity index (χ0) is 10.6. The number of ether oxygens (including phenoxy) is 2. The van der Waals surface area contributed by atoms with Gasteiger partial charge >= 0.3 is 11.9 Å². The molecule has 0 aromatic carbocycles. The Morgan fingerprint density at radius 3 is 2.80 bits per heavy atom. The van der Waals surface area contributed by atoms with Gasteiger partial charge in [-0.2, -0.15) is 0 Å². The van der Waals surface area contributed by atoms with Crippen molar-refractivity contribution < 1.29 is 19.1 Å². The van der Waals surface area contributed by atoms with Gasteiger partial charge in [0.25, 0.3) is 0 Å². The molecule has 1 saturated carbocycles. The van der Waals surface area contributed by atoms with Crippen molar-refractivity contribution in [3.05, 3.63) is 12.2 Å². The number of hydrogen-bond donors (Lipinski definition) is 0. The number of allylic oxidation sites excluding steroid dienone is 1. The van der Waals surface area contributed by atoms with Crippen LogP contribution in [-0.2, 0) is 19.1 Å². The van der Waals surface area contributed by atoms with Crippen LogP contribution in [0.5, 0.6) is 0 Å². The van der Waals surface area contributed by atoms with Gasteiger partial charge in [0.05, 0.1) is 0 Å². The van der Waals surface area contributed by atoms with E-state index in [4.69, 9.17) is 9.47 Å².